The molecule has 0 radical (unpaired) electrons. The lowest BCUT2D eigenvalue weighted by Gasteiger charge is -2.16. The Morgan fingerprint density at radius 1 is 1.56 bits per heavy atom. The van der Waals surface area contributed by atoms with Crippen LogP contribution in [0.1, 0.15) is 38.5 Å². The average Bonchev–Trinajstić information content (AvgIpc) is 2.75. The number of halogens is 1. The van der Waals surface area contributed by atoms with Gasteiger partial charge in [-0.25, -0.2) is 4.98 Å². The molecule has 0 bridgehead atoms. The average molecular weight is 292 g/mol. The number of rotatable bonds is 6. The first-order valence-corrected chi connectivity index (χ1v) is 6.91. The zero-order valence-corrected chi connectivity index (χ0v) is 12.7. The molecule has 1 rings (SSSR count). The van der Waals surface area contributed by atoms with E-state index in [1.165, 1.54) is 16.2 Å². The summed E-state index contributed by atoms with van der Waals surface area (Å²) >= 11 is 1.52. The number of nitrogens with one attached hydrogen (secondary N) is 1. The van der Waals surface area contributed by atoms with Crippen LogP contribution in [-0.2, 0) is 11.2 Å². The predicted molar refractivity (Wildman–Crippen MR) is 79.4 cm³/mol. The van der Waals surface area contributed by atoms with Crippen LogP contribution in [0.3, 0.4) is 0 Å². The number of amides is 1. The number of carbonyl (C=O) groups excluding carboxylic acids is 1. The number of carbonyl (C=O) groups is 1. The quantitative estimate of drug-likeness (QED) is 0.847. The van der Waals surface area contributed by atoms with Crippen molar-refractivity contribution in [1.82, 2.24) is 4.98 Å². The number of aryl methyl sites for hydroxylation is 1. The second kappa shape index (κ2) is 8.45. The fraction of sp³-hybridized carbons (Fsp3) is 0.667. The maximum absolute atomic E-state index is 11.8. The zero-order valence-electron chi connectivity index (χ0n) is 11.1. The standard InChI is InChI=1S/C12H21N3OS.ClH/c1-4-6-9-7-14-12(17-9)15-11(16)10(13)8(3)5-2;/h7-8,10H,4-6,13H2,1-3H3,(H,14,15,16);1H. The van der Waals surface area contributed by atoms with Crippen LogP contribution in [0.4, 0.5) is 5.13 Å². The third kappa shape index (κ3) is 4.92. The minimum atomic E-state index is -0.460. The van der Waals surface area contributed by atoms with Crippen molar-refractivity contribution < 1.29 is 4.79 Å². The molecule has 0 aliphatic carbocycles. The van der Waals surface area contributed by atoms with Crippen LogP contribution in [0.25, 0.3) is 0 Å². The topological polar surface area (TPSA) is 68.0 Å². The number of nitrogens with zero attached hydrogens (tertiary/aromatic N) is 1. The summed E-state index contributed by atoms with van der Waals surface area (Å²) in [6.07, 6.45) is 4.80. The molecule has 2 unspecified atom stereocenters. The van der Waals surface area contributed by atoms with Crippen molar-refractivity contribution in [1.29, 1.82) is 0 Å². The fourth-order valence-electron chi connectivity index (χ4n) is 1.43. The first kappa shape index (κ1) is 17.4. The second-order valence-electron chi connectivity index (χ2n) is 4.28. The molecule has 1 aromatic heterocycles. The fourth-order valence-corrected chi connectivity index (χ4v) is 2.35. The summed E-state index contributed by atoms with van der Waals surface area (Å²) in [5.74, 6) is 0.0434. The molecule has 0 aliphatic rings. The lowest BCUT2D eigenvalue weighted by molar-refractivity contribution is -0.118. The highest BCUT2D eigenvalue weighted by Gasteiger charge is 2.20. The molecular formula is C12H22ClN3OS. The first-order chi connectivity index (χ1) is 8.08. The highest BCUT2D eigenvalue weighted by atomic mass is 35.5. The van der Waals surface area contributed by atoms with Gasteiger partial charge in [0, 0.05) is 11.1 Å². The van der Waals surface area contributed by atoms with Crippen molar-refractivity contribution in [2.45, 2.75) is 46.1 Å². The summed E-state index contributed by atoms with van der Waals surface area (Å²) in [7, 11) is 0. The van der Waals surface area contributed by atoms with Gasteiger partial charge in [-0.2, -0.15) is 0 Å². The molecule has 1 aromatic rings. The molecule has 0 saturated heterocycles. The van der Waals surface area contributed by atoms with Crippen LogP contribution >= 0.6 is 23.7 Å². The third-order valence-electron chi connectivity index (χ3n) is 2.84. The Morgan fingerprint density at radius 2 is 2.22 bits per heavy atom. The van der Waals surface area contributed by atoms with Gasteiger partial charge in [-0.3, -0.25) is 4.79 Å². The van der Waals surface area contributed by atoms with Crippen LogP contribution in [0.2, 0.25) is 0 Å². The Morgan fingerprint density at radius 3 is 2.78 bits per heavy atom. The van der Waals surface area contributed by atoms with Gasteiger partial charge in [-0.05, 0) is 12.3 Å². The highest BCUT2D eigenvalue weighted by molar-refractivity contribution is 7.15. The zero-order chi connectivity index (χ0) is 12.8. The molecule has 0 aliphatic heterocycles. The molecular weight excluding hydrogens is 270 g/mol. The molecule has 4 nitrogen and oxygen atoms in total. The lowest BCUT2D eigenvalue weighted by Crippen LogP contribution is -2.40. The smallest absolute Gasteiger partial charge is 0.243 e. The van der Waals surface area contributed by atoms with Crippen LogP contribution in [0.15, 0.2) is 6.20 Å². The highest BCUT2D eigenvalue weighted by Crippen LogP contribution is 2.20. The van der Waals surface area contributed by atoms with E-state index in [-0.39, 0.29) is 24.2 Å². The van der Waals surface area contributed by atoms with Crippen LogP contribution in [-0.4, -0.2) is 16.9 Å². The summed E-state index contributed by atoms with van der Waals surface area (Å²) in [4.78, 5) is 17.2. The number of hydrogen-bond acceptors (Lipinski definition) is 4. The first-order valence-electron chi connectivity index (χ1n) is 6.09. The molecule has 1 amide bonds. The van der Waals surface area contributed by atoms with E-state index in [4.69, 9.17) is 5.73 Å². The largest absolute Gasteiger partial charge is 0.320 e. The molecule has 0 aromatic carbocycles. The molecule has 6 heteroatoms. The number of aromatic nitrogens is 1. The van der Waals surface area contributed by atoms with Gasteiger partial charge in [0.15, 0.2) is 5.13 Å². The normalized spacial score (nSPS) is 13.6. The van der Waals surface area contributed by atoms with E-state index in [9.17, 15) is 4.79 Å². The van der Waals surface area contributed by atoms with Crippen molar-refractivity contribution in [3.05, 3.63) is 11.1 Å². The lowest BCUT2D eigenvalue weighted by atomic mass is 10.00. The van der Waals surface area contributed by atoms with Crippen molar-refractivity contribution in [3.8, 4) is 0 Å². The van der Waals surface area contributed by atoms with E-state index in [0.29, 0.717) is 5.13 Å². The van der Waals surface area contributed by atoms with Crippen LogP contribution in [0.5, 0.6) is 0 Å². The second-order valence-corrected chi connectivity index (χ2v) is 5.40. The maximum atomic E-state index is 11.8. The molecule has 3 N–H and O–H groups in total. The molecule has 1 heterocycles. The van der Waals surface area contributed by atoms with E-state index >= 15 is 0 Å². The molecule has 104 valence electrons. The predicted octanol–water partition coefficient (Wildman–Crippen LogP) is 2.83. The molecule has 18 heavy (non-hydrogen) atoms. The van der Waals surface area contributed by atoms with Gasteiger partial charge in [-0.1, -0.05) is 33.6 Å². The van der Waals surface area contributed by atoms with Crippen LogP contribution < -0.4 is 11.1 Å². The third-order valence-corrected chi connectivity index (χ3v) is 3.81. The SMILES string of the molecule is CCCc1cnc(NC(=O)C(N)C(C)CC)s1.Cl. The van der Waals surface area contributed by atoms with Crippen molar-refractivity contribution in [2.24, 2.45) is 11.7 Å². The van der Waals surface area contributed by atoms with Gasteiger partial charge < -0.3 is 11.1 Å². The monoisotopic (exact) mass is 291 g/mol. The van der Waals surface area contributed by atoms with Gasteiger partial charge in [0.05, 0.1) is 6.04 Å². The van der Waals surface area contributed by atoms with E-state index < -0.39 is 6.04 Å². The van der Waals surface area contributed by atoms with Gasteiger partial charge in [-0.15, -0.1) is 23.7 Å². The van der Waals surface area contributed by atoms with Gasteiger partial charge in [0.1, 0.15) is 0 Å². The number of hydrogen-bond donors (Lipinski definition) is 2. The van der Waals surface area contributed by atoms with Crippen molar-refractivity contribution in [2.75, 3.05) is 5.32 Å². The number of thiazole rings is 1. The minimum absolute atomic E-state index is 0. The van der Waals surface area contributed by atoms with Crippen molar-refractivity contribution in [3.63, 3.8) is 0 Å². The molecule has 0 fully saturated rings. The summed E-state index contributed by atoms with van der Waals surface area (Å²) in [6.45, 7) is 6.13. The van der Waals surface area contributed by atoms with E-state index in [0.717, 1.165) is 19.3 Å². The summed E-state index contributed by atoms with van der Waals surface area (Å²) in [5, 5.41) is 3.43. The van der Waals surface area contributed by atoms with Crippen molar-refractivity contribution >= 4 is 34.8 Å². The number of anilines is 1. The van der Waals surface area contributed by atoms with Gasteiger partial charge >= 0.3 is 0 Å². The van der Waals surface area contributed by atoms with E-state index in [1.54, 1.807) is 0 Å². The summed E-state index contributed by atoms with van der Waals surface area (Å²) < 4.78 is 0. The van der Waals surface area contributed by atoms with E-state index in [2.05, 4.69) is 17.2 Å². The Balaban J connectivity index is 0.00000289. The Hall–Kier alpha value is -0.650. The molecule has 0 spiro atoms. The summed E-state index contributed by atoms with van der Waals surface area (Å²) in [6, 6.07) is -0.460. The Kier molecular flexibility index (Phi) is 8.15. The molecule has 2 atom stereocenters. The van der Waals surface area contributed by atoms with Gasteiger partial charge in [0.2, 0.25) is 5.91 Å². The summed E-state index contributed by atoms with van der Waals surface area (Å²) in [5.41, 5.74) is 5.85. The Labute approximate surface area is 119 Å². The number of nitrogens with two attached hydrogens (primary N) is 1. The van der Waals surface area contributed by atoms with E-state index in [1.807, 2.05) is 20.0 Å². The Bertz CT molecular complexity index is 370. The maximum Gasteiger partial charge on any atom is 0.243 e. The minimum Gasteiger partial charge on any atom is -0.320 e. The van der Waals surface area contributed by atoms with Gasteiger partial charge in [0.25, 0.3) is 0 Å². The molecule has 0 saturated carbocycles. The van der Waals surface area contributed by atoms with Crippen LogP contribution in [0, 0.1) is 5.92 Å².